The van der Waals surface area contributed by atoms with E-state index in [0.717, 1.165) is 30.6 Å². The molecule has 0 radical (unpaired) electrons. The molecule has 0 amide bonds. The van der Waals surface area contributed by atoms with Gasteiger partial charge in [0.1, 0.15) is 0 Å². The Morgan fingerprint density at radius 1 is 0.974 bits per heavy atom. The molecule has 1 aliphatic rings. The van der Waals surface area contributed by atoms with Crippen LogP contribution in [0.3, 0.4) is 0 Å². The fraction of sp³-hybridized carbons (Fsp3) is 0.320. The van der Waals surface area contributed by atoms with E-state index in [1.54, 1.807) is 40.7 Å². The van der Waals surface area contributed by atoms with Crippen LogP contribution in [-0.2, 0) is 17.0 Å². The Morgan fingerprint density at radius 3 is 2.34 bits per heavy atom. The van der Waals surface area contributed by atoms with Gasteiger partial charge in [-0.2, -0.15) is 0 Å². The Hall–Kier alpha value is -1.09. The van der Waals surface area contributed by atoms with Crippen molar-refractivity contribution < 1.29 is 41.4 Å². The van der Waals surface area contributed by atoms with Gasteiger partial charge in [-0.3, -0.25) is 0 Å². The van der Waals surface area contributed by atoms with Gasteiger partial charge in [-0.05, 0) is 12.8 Å². The van der Waals surface area contributed by atoms with Crippen LogP contribution in [0.4, 0.5) is 0 Å². The number of halogens is 3. The molecule has 38 heavy (non-hydrogen) atoms. The molecule has 2 heterocycles. The number of aromatic nitrogens is 1. The first-order valence-corrected chi connectivity index (χ1v) is 20.0. The molecule has 1 aromatic heterocycles. The number of hydrogen-bond donors (Lipinski definition) is 0. The second-order valence-corrected chi connectivity index (χ2v) is 19.7. The monoisotopic (exact) mass is 727 g/mol. The summed E-state index contributed by atoms with van der Waals surface area (Å²) in [4.78, 5) is 6.37. The molecule has 7 nitrogen and oxygen atoms in total. The first-order valence-electron chi connectivity index (χ1n) is 11.9. The third kappa shape index (κ3) is 7.35. The molecular weight excluding hydrogens is 702 g/mol. The van der Waals surface area contributed by atoms with Crippen molar-refractivity contribution in [3.63, 3.8) is 0 Å². The van der Waals surface area contributed by atoms with Gasteiger partial charge in [-0.25, -0.2) is 0 Å². The van der Waals surface area contributed by atoms with Crippen LogP contribution in [-0.4, -0.2) is 45.8 Å². The van der Waals surface area contributed by atoms with Crippen LogP contribution in [0.1, 0.15) is 32.6 Å². The minimum atomic E-state index is -3.66. The Balaban J connectivity index is 1.54. The van der Waals surface area contributed by atoms with E-state index in [1.807, 2.05) is 6.92 Å². The second-order valence-electron chi connectivity index (χ2n) is 8.41. The van der Waals surface area contributed by atoms with Crippen LogP contribution in [0.25, 0.3) is 0 Å². The molecule has 2 aromatic carbocycles. The third-order valence-corrected chi connectivity index (χ3v) is 15.5. The van der Waals surface area contributed by atoms with Crippen molar-refractivity contribution in [2.75, 3.05) is 19.7 Å². The van der Waals surface area contributed by atoms with E-state index >= 15 is 0 Å². The summed E-state index contributed by atoms with van der Waals surface area (Å²) in [6, 6.07) is 14.6. The summed E-state index contributed by atoms with van der Waals surface area (Å²) in [5.41, 5.74) is 0. The Labute approximate surface area is 247 Å². The number of hydrogen-bond acceptors (Lipinski definition) is 7. The molecule has 1 fully saturated rings. The fourth-order valence-electron chi connectivity index (χ4n) is 3.71. The molecule has 0 aliphatic carbocycles. The topological polar surface area (TPSA) is 93.6 Å². The Kier molecular flexibility index (Phi) is 10.3. The summed E-state index contributed by atoms with van der Waals surface area (Å²) >= 11 is 11.9. The Morgan fingerprint density at radius 2 is 1.68 bits per heavy atom. The van der Waals surface area contributed by atoms with Crippen LogP contribution in [0.2, 0.25) is 10.0 Å². The first-order chi connectivity index (χ1) is 18.1. The van der Waals surface area contributed by atoms with Gasteiger partial charge in [-0.1, -0.05) is 6.42 Å². The molecule has 13 heteroatoms. The van der Waals surface area contributed by atoms with E-state index in [4.69, 9.17) is 27.9 Å². The summed E-state index contributed by atoms with van der Waals surface area (Å²) in [6.07, 6.45) is 3.58. The summed E-state index contributed by atoms with van der Waals surface area (Å²) in [5.74, 6) is 0.344. The van der Waals surface area contributed by atoms with Gasteiger partial charge in [0.15, 0.2) is 0 Å². The SMILES string of the molecule is CCCOc1nc([I-]S(=O)(=O)c2ccc(Cl)cc2Cl)ccc1Sc1ccc(S(=O)(=O)N2CCCCC2)cc1. The Bertz CT molecular complexity index is 1500. The summed E-state index contributed by atoms with van der Waals surface area (Å²) in [5, 5.41) is 0.441. The van der Waals surface area contributed by atoms with Gasteiger partial charge in [0.05, 0.1) is 0 Å². The van der Waals surface area contributed by atoms with Crippen LogP contribution in [0, 0.1) is 3.70 Å². The molecule has 206 valence electrons. The number of benzene rings is 2. The molecule has 1 saturated heterocycles. The fourth-order valence-corrected chi connectivity index (χ4v) is 12.9. The van der Waals surface area contributed by atoms with E-state index in [0.29, 0.717) is 39.2 Å². The van der Waals surface area contributed by atoms with Crippen molar-refractivity contribution in [3.05, 3.63) is 68.3 Å². The van der Waals surface area contributed by atoms with Gasteiger partial charge in [0.2, 0.25) is 0 Å². The number of pyridine rings is 1. The van der Waals surface area contributed by atoms with Crippen molar-refractivity contribution in [2.45, 2.75) is 52.2 Å². The maximum absolute atomic E-state index is 13.0. The minimum absolute atomic E-state index is 0.0345. The standard InChI is InChI=1S/C25H26Cl2IN2O5S3/c1-2-16-35-25-22(11-13-24(29-25)28-37(31,32)23-12-6-18(26)17-21(23)27)36-19-7-9-20(10-8-19)38(33,34)30-14-4-3-5-15-30/h6-13,17H,2-5,14-16H2,1H3/q-1. The molecule has 4 rings (SSSR count). The molecule has 0 saturated carbocycles. The zero-order valence-electron chi connectivity index (χ0n) is 20.4. The number of rotatable bonds is 10. The van der Waals surface area contributed by atoms with Gasteiger partial charge in [0, 0.05) is 0 Å². The molecule has 1 aliphatic heterocycles. The maximum atomic E-state index is 13.0. The predicted molar refractivity (Wildman–Crippen MR) is 146 cm³/mol. The van der Waals surface area contributed by atoms with E-state index < -0.39 is 36.9 Å². The molecule has 3 aromatic rings. The molecule has 0 bridgehead atoms. The van der Waals surface area contributed by atoms with Gasteiger partial charge in [-0.15, -0.1) is 0 Å². The van der Waals surface area contributed by atoms with E-state index in [-0.39, 0.29) is 14.8 Å². The average molecular weight is 729 g/mol. The number of piperidine rings is 1. The van der Waals surface area contributed by atoms with Crippen molar-refractivity contribution >= 4 is 52.0 Å². The van der Waals surface area contributed by atoms with Crippen LogP contribution in [0.15, 0.2) is 74.2 Å². The van der Waals surface area contributed by atoms with Crippen LogP contribution < -0.4 is 24.6 Å². The van der Waals surface area contributed by atoms with Crippen molar-refractivity contribution in [1.29, 1.82) is 0 Å². The molecule has 0 atom stereocenters. The van der Waals surface area contributed by atoms with Crippen molar-refractivity contribution in [2.24, 2.45) is 0 Å². The summed E-state index contributed by atoms with van der Waals surface area (Å²) < 4.78 is 59.8. The number of sulfonamides is 1. The van der Waals surface area contributed by atoms with Gasteiger partial charge >= 0.3 is 230 Å². The molecular formula is C25H26Cl2IN2O5S3-. The van der Waals surface area contributed by atoms with Crippen molar-refractivity contribution in [3.8, 4) is 5.88 Å². The summed E-state index contributed by atoms with van der Waals surface area (Å²) in [7, 11) is -7.17. The van der Waals surface area contributed by atoms with E-state index in [9.17, 15) is 16.8 Å². The molecule has 0 spiro atoms. The third-order valence-electron chi connectivity index (χ3n) is 5.58. The van der Waals surface area contributed by atoms with Crippen molar-refractivity contribution in [1.82, 2.24) is 9.29 Å². The molecule has 0 N–H and O–H groups in total. The normalized spacial score (nSPS) is 15.0. The number of nitrogens with zero attached hydrogens (tertiary/aromatic N) is 2. The second kappa shape index (κ2) is 13.0. The van der Waals surface area contributed by atoms with Gasteiger partial charge in [0.25, 0.3) is 0 Å². The molecule has 0 unspecified atom stereocenters. The summed E-state index contributed by atoms with van der Waals surface area (Å²) in [6.45, 7) is 3.50. The van der Waals surface area contributed by atoms with Gasteiger partial charge < -0.3 is 0 Å². The van der Waals surface area contributed by atoms with E-state index in [2.05, 4.69) is 4.98 Å². The average Bonchev–Trinajstić information content (AvgIpc) is 2.89. The van der Waals surface area contributed by atoms with Crippen LogP contribution in [0.5, 0.6) is 5.88 Å². The number of ether oxygens (including phenoxy) is 1. The quantitative estimate of drug-likeness (QED) is 0.180. The van der Waals surface area contributed by atoms with Crippen LogP contribution >= 0.6 is 35.0 Å². The zero-order chi connectivity index (χ0) is 27.3. The van der Waals surface area contributed by atoms with E-state index in [1.165, 1.54) is 30.0 Å². The zero-order valence-corrected chi connectivity index (χ0v) is 26.6. The predicted octanol–water partition coefficient (Wildman–Crippen LogP) is 3.15. The first kappa shape index (κ1) is 29.9.